The maximum Gasteiger partial charge on any atom is 0.339 e. The van der Waals surface area contributed by atoms with Gasteiger partial charge in [0, 0.05) is 10.0 Å². The average Bonchev–Trinajstić information content (AvgIpc) is 2.39. The van der Waals surface area contributed by atoms with Crippen molar-refractivity contribution in [2.45, 2.75) is 6.92 Å². The number of amides is 1. The normalized spacial score (nSPS) is 10.2. The van der Waals surface area contributed by atoms with E-state index in [1.165, 1.54) is 18.2 Å². The lowest BCUT2D eigenvalue weighted by molar-refractivity contribution is 0.0693. The van der Waals surface area contributed by atoms with E-state index in [4.69, 9.17) is 5.11 Å². The molecule has 0 fully saturated rings. The van der Waals surface area contributed by atoms with Gasteiger partial charge in [-0.05, 0) is 42.8 Å². The summed E-state index contributed by atoms with van der Waals surface area (Å²) in [5, 5.41) is 21.3. The summed E-state index contributed by atoms with van der Waals surface area (Å²) in [6.45, 7) is 1.85. The van der Waals surface area contributed by atoms with E-state index in [1.54, 1.807) is 12.1 Å². The molecule has 0 bridgehead atoms. The Morgan fingerprint density at radius 3 is 2.52 bits per heavy atom. The van der Waals surface area contributed by atoms with E-state index in [2.05, 4.69) is 21.2 Å². The molecule has 6 heteroatoms. The lowest BCUT2D eigenvalue weighted by Gasteiger charge is -2.10. The number of carbonyl (C=O) groups excluding carboxylic acids is 1. The number of carboxylic acid groups (broad SMARTS) is 1. The van der Waals surface area contributed by atoms with Crippen molar-refractivity contribution in [3.63, 3.8) is 0 Å². The highest BCUT2D eigenvalue weighted by Gasteiger charge is 2.15. The number of halogens is 1. The molecule has 0 aromatic heterocycles. The van der Waals surface area contributed by atoms with Crippen LogP contribution in [-0.4, -0.2) is 22.1 Å². The highest BCUT2D eigenvalue weighted by molar-refractivity contribution is 9.10. The van der Waals surface area contributed by atoms with Crippen molar-refractivity contribution in [3.8, 4) is 5.75 Å². The predicted octanol–water partition coefficient (Wildman–Crippen LogP) is 3.41. The number of aromatic carboxylic acids is 1. The molecular weight excluding hydrogens is 338 g/mol. The molecule has 0 saturated carbocycles. The Morgan fingerprint density at radius 1 is 1.19 bits per heavy atom. The van der Waals surface area contributed by atoms with E-state index in [1.807, 2.05) is 13.0 Å². The minimum atomic E-state index is -1.26. The van der Waals surface area contributed by atoms with Crippen molar-refractivity contribution < 1.29 is 19.8 Å². The zero-order valence-electron chi connectivity index (χ0n) is 11.1. The number of phenols is 1. The summed E-state index contributed by atoms with van der Waals surface area (Å²) < 4.78 is 0.760. The van der Waals surface area contributed by atoms with Crippen LogP contribution in [0.1, 0.15) is 26.3 Å². The van der Waals surface area contributed by atoms with Gasteiger partial charge in [-0.2, -0.15) is 0 Å². The fraction of sp³-hybridized carbons (Fsp3) is 0.0667. The van der Waals surface area contributed by atoms with Crippen LogP contribution < -0.4 is 5.32 Å². The Labute approximate surface area is 129 Å². The minimum Gasteiger partial charge on any atom is -0.505 e. The van der Waals surface area contributed by atoms with Gasteiger partial charge in [-0.1, -0.05) is 22.0 Å². The summed E-state index contributed by atoms with van der Waals surface area (Å²) in [7, 11) is 0. The molecule has 108 valence electrons. The van der Waals surface area contributed by atoms with Gasteiger partial charge in [-0.3, -0.25) is 4.79 Å². The molecule has 2 rings (SSSR count). The number of aryl methyl sites for hydroxylation is 1. The molecular formula is C15H12BrNO4. The molecule has 0 atom stereocenters. The number of aromatic hydroxyl groups is 1. The van der Waals surface area contributed by atoms with Crippen LogP contribution in [0.25, 0.3) is 0 Å². The van der Waals surface area contributed by atoms with Crippen molar-refractivity contribution in [1.29, 1.82) is 0 Å². The average molecular weight is 350 g/mol. The van der Waals surface area contributed by atoms with Crippen LogP contribution in [0, 0.1) is 6.92 Å². The topological polar surface area (TPSA) is 86.6 Å². The van der Waals surface area contributed by atoms with Crippen molar-refractivity contribution in [2.24, 2.45) is 0 Å². The van der Waals surface area contributed by atoms with Gasteiger partial charge >= 0.3 is 5.97 Å². The summed E-state index contributed by atoms with van der Waals surface area (Å²) in [4.78, 5) is 23.1. The molecule has 0 aliphatic carbocycles. The largest absolute Gasteiger partial charge is 0.505 e. The number of nitrogens with one attached hydrogen (secondary N) is 1. The van der Waals surface area contributed by atoms with E-state index >= 15 is 0 Å². The van der Waals surface area contributed by atoms with E-state index in [0.29, 0.717) is 5.56 Å². The number of carboxylic acids is 1. The quantitative estimate of drug-likeness (QED) is 0.741. The minimum absolute atomic E-state index is 0.0533. The first-order valence-corrected chi connectivity index (χ1v) is 6.81. The molecule has 5 nitrogen and oxygen atoms in total. The van der Waals surface area contributed by atoms with Gasteiger partial charge in [0.25, 0.3) is 5.91 Å². The maximum atomic E-state index is 12.2. The van der Waals surface area contributed by atoms with Crippen molar-refractivity contribution in [2.75, 3.05) is 5.32 Å². The van der Waals surface area contributed by atoms with Crippen LogP contribution >= 0.6 is 15.9 Å². The second-order valence-corrected chi connectivity index (χ2v) is 5.39. The van der Waals surface area contributed by atoms with Gasteiger partial charge in [0.2, 0.25) is 0 Å². The van der Waals surface area contributed by atoms with Gasteiger partial charge in [-0.15, -0.1) is 0 Å². The number of anilines is 1. The van der Waals surface area contributed by atoms with Crippen LogP contribution in [0.4, 0.5) is 5.69 Å². The van der Waals surface area contributed by atoms with E-state index in [9.17, 15) is 14.7 Å². The Kier molecular flexibility index (Phi) is 4.28. The second kappa shape index (κ2) is 5.97. The Hall–Kier alpha value is -2.34. The molecule has 2 aromatic rings. The molecule has 0 heterocycles. The van der Waals surface area contributed by atoms with E-state index in [0.717, 1.165) is 10.0 Å². The van der Waals surface area contributed by atoms with Gasteiger partial charge in [0.15, 0.2) is 5.75 Å². The Balaban J connectivity index is 2.32. The SMILES string of the molecule is Cc1cc(Br)cc(C(=O)Nc2cccc(C(=O)O)c2O)c1. The van der Waals surface area contributed by atoms with Gasteiger partial charge in [-0.25, -0.2) is 4.79 Å². The molecule has 0 aliphatic heterocycles. The number of rotatable bonds is 3. The lowest BCUT2D eigenvalue weighted by atomic mass is 10.1. The Bertz CT molecular complexity index is 707. The smallest absolute Gasteiger partial charge is 0.339 e. The molecule has 0 saturated heterocycles. The number of carbonyl (C=O) groups is 2. The second-order valence-electron chi connectivity index (χ2n) is 4.48. The first kappa shape index (κ1) is 15.1. The third-order valence-corrected chi connectivity index (χ3v) is 3.28. The third kappa shape index (κ3) is 3.41. The number of hydrogen-bond acceptors (Lipinski definition) is 3. The standard InChI is InChI=1S/C15H12BrNO4/c1-8-5-9(7-10(16)6-8)14(19)17-12-4-2-3-11(13(12)18)15(20)21/h2-7,18H,1H3,(H,17,19)(H,20,21). The monoisotopic (exact) mass is 349 g/mol. The first-order chi connectivity index (χ1) is 9.88. The highest BCUT2D eigenvalue weighted by Crippen LogP contribution is 2.28. The predicted molar refractivity (Wildman–Crippen MR) is 81.9 cm³/mol. The molecule has 0 spiro atoms. The fourth-order valence-electron chi connectivity index (χ4n) is 1.88. The molecule has 1 amide bonds. The summed E-state index contributed by atoms with van der Waals surface area (Å²) >= 11 is 3.30. The van der Waals surface area contributed by atoms with Gasteiger partial charge < -0.3 is 15.5 Å². The number of hydrogen-bond donors (Lipinski definition) is 3. The van der Waals surface area contributed by atoms with Crippen LogP contribution in [0.3, 0.4) is 0 Å². The molecule has 0 radical (unpaired) electrons. The highest BCUT2D eigenvalue weighted by atomic mass is 79.9. The zero-order chi connectivity index (χ0) is 15.6. The number of benzene rings is 2. The van der Waals surface area contributed by atoms with Crippen molar-refractivity contribution in [1.82, 2.24) is 0 Å². The first-order valence-electron chi connectivity index (χ1n) is 6.02. The molecule has 21 heavy (non-hydrogen) atoms. The van der Waals surface area contributed by atoms with Crippen LogP contribution in [0.5, 0.6) is 5.75 Å². The van der Waals surface area contributed by atoms with Crippen LogP contribution in [0.15, 0.2) is 40.9 Å². The van der Waals surface area contributed by atoms with Crippen molar-refractivity contribution in [3.05, 3.63) is 57.6 Å². The third-order valence-electron chi connectivity index (χ3n) is 2.82. The maximum absolute atomic E-state index is 12.2. The summed E-state index contributed by atoms with van der Waals surface area (Å²) in [5.74, 6) is -2.16. The molecule has 0 unspecified atom stereocenters. The summed E-state index contributed by atoms with van der Waals surface area (Å²) in [6.07, 6.45) is 0. The zero-order valence-corrected chi connectivity index (χ0v) is 12.6. The van der Waals surface area contributed by atoms with Gasteiger partial charge in [0.05, 0.1) is 5.69 Å². The van der Waals surface area contributed by atoms with Crippen LogP contribution in [-0.2, 0) is 0 Å². The summed E-state index contributed by atoms with van der Waals surface area (Å²) in [6, 6.07) is 9.34. The van der Waals surface area contributed by atoms with E-state index in [-0.39, 0.29) is 11.3 Å². The van der Waals surface area contributed by atoms with E-state index < -0.39 is 17.6 Å². The fourth-order valence-corrected chi connectivity index (χ4v) is 2.49. The molecule has 0 aliphatic rings. The van der Waals surface area contributed by atoms with Crippen LogP contribution in [0.2, 0.25) is 0 Å². The number of para-hydroxylation sites is 1. The summed E-state index contributed by atoms with van der Waals surface area (Å²) in [5.41, 5.74) is 1.09. The lowest BCUT2D eigenvalue weighted by Crippen LogP contribution is -2.13. The van der Waals surface area contributed by atoms with Gasteiger partial charge in [0.1, 0.15) is 5.56 Å². The molecule has 3 N–H and O–H groups in total. The molecule has 2 aromatic carbocycles. The Morgan fingerprint density at radius 2 is 1.90 bits per heavy atom. The van der Waals surface area contributed by atoms with Crippen molar-refractivity contribution >= 4 is 33.5 Å².